The molecule has 0 atom stereocenters. The van der Waals surface area contributed by atoms with Gasteiger partial charge in [0, 0.05) is 68.1 Å². The quantitative estimate of drug-likeness (QED) is 0.558. The lowest BCUT2D eigenvalue weighted by molar-refractivity contribution is -0.385. The van der Waals surface area contributed by atoms with E-state index in [0.717, 1.165) is 49.1 Å². The smallest absolute Gasteiger partial charge is 0.270 e. The van der Waals surface area contributed by atoms with Gasteiger partial charge in [-0.25, -0.2) is 9.97 Å². The maximum Gasteiger partial charge on any atom is 0.270 e. The second-order valence-corrected chi connectivity index (χ2v) is 7.40. The fraction of sp³-hybridized carbons (Fsp3) is 0.500. The van der Waals surface area contributed by atoms with E-state index in [9.17, 15) is 10.1 Å². The van der Waals surface area contributed by atoms with Crippen LogP contribution >= 0.6 is 0 Å². The Bertz CT molecular complexity index is 848. The van der Waals surface area contributed by atoms with E-state index in [1.54, 1.807) is 19.2 Å². The number of rotatable bonds is 6. The number of piperazine rings is 1. The van der Waals surface area contributed by atoms with Crippen molar-refractivity contribution in [3.63, 3.8) is 0 Å². The topological polar surface area (TPSA) is 84.6 Å². The van der Waals surface area contributed by atoms with Crippen LogP contribution < -0.4 is 9.64 Å². The molecule has 0 aliphatic carbocycles. The predicted octanol–water partition coefficient (Wildman–Crippen LogP) is 3.15. The van der Waals surface area contributed by atoms with Crippen LogP contribution in [0.4, 0.5) is 11.5 Å². The molecule has 8 heteroatoms. The van der Waals surface area contributed by atoms with Crippen molar-refractivity contribution >= 4 is 11.5 Å². The van der Waals surface area contributed by atoms with Crippen molar-refractivity contribution in [2.45, 2.75) is 33.2 Å². The van der Waals surface area contributed by atoms with Crippen LogP contribution in [-0.2, 0) is 6.54 Å². The van der Waals surface area contributed by atoms with Crippen LogP contribution in [0.2, 0.25) is 0 Å². The lowest BCUT2D eigenvalue weighted by atomic mass is 10.1. The zero-order valence-electron chi connectivity index (χ0n) is 16.9. The van der Waals surface area contributed by atoms with Gasteiger partial charge in [-0.05, 0) is 13.0 Å². The second-order valence-electron chi connectivity index (χ2n) is 7.40. The normalized spacial score (nSPS) is 15.1. The van der Waals surface area contributed by atoms with Gasteiger partial charge in [-0.15, -0.1) is 0 Å². The van der Waals surface area contributed by atoms with Gasteiger partial charge in [0.05, 0.1) is 12.0 Å². The summed E-state index contributed by atoms with van der Waals surface area (Å²) < 4.78 is 5.38. The third-order valence-electron chi connectivity index (χ3n) is 4.94. The lowest BCUT2D eigenvalue weighted by Crippen LogP contribution is -2.46. The average Bonchev–Trinajstić information content (AvgIpc) is 2.68. The van der Waals surface area contributed by atoms with E-state index in [1.165, 1.54) is 6.07 Å². The Morgan fingerprint density at radius 3 is 2.50 bits per heavy atom. The number of non-ortho nitro benzene ring substituents is 1. The molecule has 150 valence electrons. The van der Waals surface area contributed by atoms with E-state index in [1.807, 2.05) is 13.0 Å². The molecule has 2 aromatic rings. The number of benzene rings is 1. The minimum atomic E-state index is -0.370. The average molecular weight is 385 g/mol. The number of hydrogen-bond acceptors (Lipinski definition) is 7. The number of nitrogens with zero attached hydrogens (tertiary/aromatic N) is 5. The number of hydrogen-bond donors (Lipinski definition) is 0. The first-order valence-electron chi connectivity index (χ1n) is 9.51. The number of nitro benzene ring substituents is 1. The molecule has 0 N–H and O–H groups in total. The number of methoxy groups -OCH3 is 1. The number of anilines is 1. The van der Waals surface area contributed by atoms with E-state index in [0.29, 0.717) is 18.2 Å². The predicted molar refractivity (Wildman–Crippen MR) is 108 cm³/mol. The van der Waals surface area contributed by atoms with Gasteiger partial charge in [0.1, 0.15) is 17.4 Å². The summed E-state index contributed by atoms with van der Waals surface area (Å²) in [6.45, 7) is 10.2. The number of nitro groups is 1. The molecule has 0 radical (unpaired) electrons. The van der Waals surface area contributed by atoms with Gasteiger partial charge in [-0.2, -0.15) is 0 Å². The molecule has 0 unspecified atom stereocenters. The molecule has 0 saturated carbocycles. The Morgan fingerprint density at radius 1 is 1.18 bits per heavy atom. The van der Waals surface area contributed by atoms with Crippen molar-refractivity contribution in [1.82, 2.24) is 14.9 Å². The lowest BCUT2D eigenvalue weighted by Gasteiger charge is -2.35. The van der Waals surface area contributed by atoms with Crippen LogP contribution in [0, 0.1) is 17.0 Å². The first kappa shape index (κ1) is 20.0. The molecule has 0 bridgehead atoms. The zero-order valence-corrected chi connectivity index (χ0v) is 16.9. The zero-order chi connectivity index (χ0) is 20.3. The minimum absolute atomic E-state index is 0.0899. The summed E-state index contributed by atoms with van der Waals surface area (Å²) in [6.07, 6.45) is 0. The molecular formula is C20H27N5O3. The maximum atomic E-state index is 11.1. The van der Waals surface area contributed by atoms with Crippen LogP contribution in [0.3, 0.4) is 0 Å². The summed E-state index contributed by atoms with van der Waals surface area (Å²) in [5, 5.41) is 11.1. The highest BCUT2D eigenvalue weighted by molar-refractivity contribution is 5.44. The van der Waals surface area contributed by atoms with Gasteiger partial charge in [0.2, 0.25) is 0 Å². The monoisotopic (exact) mass is 385 g/mol. The highest BCUT2D eigenvalue weighted by atomic mass is 16.6. The summed E-state index contributed by atoms with van der Waals surface area (Å²) in [6, 6.07) is 6.78. The van der Waals surface area contributed by atoms with Crippen LogP contribution in [0.1, 0.15) is 36.8 Å². The van der Waals surface area contributed by atoms with Crippen LogP contribution in [-0.4, -0.2) is 53.1 Å². The Kier molecular flexibility index (Phi) is 6.08. The Labute approximate surface area is 165 Å². The Hall–Kier alpha value is -2.74. The van der Waals surface area contributed by atoms with Crippen molar-refractivity contribution in [3.05, 3.63) is 51.5 Å². The molecule has 0 spiro atoms. The molecule has 1 aliphatic heterocycles. The number of ether oxygens (including phenoxy) is 1. The molecule has 2 heterocycles. The molecule has 28 heavy (non-hydrogen) atoms. The largest absolute Gasteiger partial charge is 0.496 e. The molecule has 1 aromatic carbocycles. The molecule has 3 rings (SSSR count). The summed E-state index contributed by atoms with van der Waals surface area (Å²) in [4.78, 5) is 24.5. The Morgan fingerprint density at radius 2 is 1.89 bits per heavy atom. The van der Waals surface area contributed by atoms with Crippen LogP contribution in [0.5, 0.6) is 5.75 Å². The molecular weight excluding hydrogens is 358 g/mol. The molecule has 1 aromatic heterocycles. The van der Waals surface area contributed by atoms with E-state index >= 15 is 0 Å². The van der Waals surface area contributed by atoms with Gasteiger partial charge in [0.25, 0.3) is 5.69 Å². The van der Waals surface area contributed by atoms with Gasteiger partial charge in [-0.1, -0.05) is 13.8 Å². The summed E-state index contributed by atoms with van der Waals surface area (Å²) >= 11 is 0. The standard InChI is InChI=1S/C20H27N5O3/c1-14(2)20-21-15(3)11-19(22-20)24-9-7-23(8-10-24)13-16-12-17(25(26)27)5-6-18(16)28-4/h5-6,11-12,14H,7-10,13H2,1-4H3. The molecule has 1 aliphatic rings. The number of aryl methyl sites for hydroxylation is 1. The second kappa shape index (κ2) is 8.52. The van der Waals surface area contributed by atoms with E-state index in [4.69, 9.17) is 9.72 Å². The van der Waals surface area contributed by atoms with Crippen LogP contribution in [0.25, 0.3) is 0 Å². The highest BCUT2D eigenvalue weighted by Crippen LogP contribution is 2.26. The minimum Gasteiger partial charge on any atom is -0.496 e. The fourth-order valence-electron chi connectivity index (χ4n) is 3.37. The summed E-state index contributed by atoms with van der Waals surface area (Å²) in [7, 11) is 1.59. The van der Waals surface area contributed by atoms with Crippen molar-refractivity contribution < 1.29 is 9.66 Å². The highest BCUT2D eigenvalue weighted by Gasteiger charge is 2.21. The van der Waals surface area contributed by atoms with Crippen molar-refractivity contribution in [1.29, 1.82) is 0 Å². The van der Waals surface area contributed by atoms with E-state index in [-0.39, 0.29) is 10.6 Å². The van der Waals surface area contributed by atoms with Gasteiger partial charge in [-0.3, -0.25) is 15.0 Å². The molecule has 1 fully saturated rings. The molecule has 0 amide bonds. The molecule has 1 saturated heterocycles. The SMILES string of the molecule is COc1ccc([N+](=O)[O-])cc1CN1CCN(c2cc(C)nc(C(C)C)n2)CC1. The molecule has 8 nitrogen and oxygen atoms in total. The number of aromatic nitrogens is 2. The van der Waals surface area contributed by atoms with Gasteiger partial charge < -0.3 is 9.64 Å². The summed E-state index contributed by atoms with van der Waals surface area (Å²) in [5.74, 6) is 2.82. The third kappa shape index (κ3) is 4.56. The van der Waals surface area contributed by atoms with E-state index in [2.05, 4.69) is 28.6 Å². The van der Waals surface area contributed by atoms with Gasteiger partial charge >= 0.3 is 0 Å². The summed E-state index contributed by atoms with van der Waals surface area (Å²) in [5.41, 5.74) is 1.91. The van der Waals surface area contributed by atoms with Crippen molar-refractivity contribution in [2.24, 2.45) is 0 Å². The van der Waals surface area contributed by atoms with Crippen molar-refractivity contribution in [3.8, 4) is 5.75 Å². The van der Waals surface area contributed by atoms with Crippen LogP contribution in [0.15, 0.2) is 24.3 Å². The Balaban J connectivity index is 1.68. The van der Waals surface area contributed by atoms with Crippen molar-refractivity contribution in [2.75, 3.05) is 38.2 Å². The fourth-order valence-corrected chi connectivity index (χ4v) is 3.37. The maximum absolute atomic E-state index is 11.1. The van der Waals surface area contributed by atoms with Gasteiger partial charge in [0.15, 0.2) is 0 Å². The third-order valence-corrected chi connectivity index (χ3v) is 4.94. The first-order chi connectivity index (χ1) is 13.4. The van der Waals surface area contributed by atoms with E-state index < -0.39 is 0 Å². The first-order valence-corrected chi connectivity index (χ1v) is 9.51.